The topological polar surface area (TPSA) is 15.3 Å². The molecule has 2 heterocycles. The number of nitrogens with zero attached hydrogens (tertiary/aromatic N) is 1. The van der Waals surface area contributed by atoms with Gasteiger partial charge in [-0.2, -0.15) is 0 Å². The second-order valence-corrected chi connectivity index (χ2v) is 5.67. The third-order valence-corrected chi connectivity index (χ3v) is 4.42. The van der Waals surface area contributed by atoms with Crippen LogP contribution in [0.5, 0.6) is 0 Å². The summed E-state index contributed by atoms with van der Waals surface area (Å²) in [6.45, 7) is 2.88. The summed E-state index contributed by atoms with van der Waals surface area (Å²) in [5.74, 6) is -0.966. The Bertz CT molecular complexity index is 450. The Kier molecular flexibility index (Phi) is 3.80. The Balaban J connectivity index is 1.54. The molecule has 2 aliphatic rings. The third kappa shape index (κ3) is 2.95. The van der Waals surface area contributed by atoms with Gasteiger partial charge in [-0.15, -0.1) is 0 Å². The molecule has 0 saturated carbocycles. The van der Waals surface area contributed by atoms with E-state index in [1.54, 1.807) is 0 Å². The maximum Gasteiger partial charge on any atom is 0.130 e. The lowest BCUT2D eigenvalue weighted by Crippen LogP contribution is -2.45. The highest BCUT2D eigenvalue weighted by Crippen LogP contribution is 2.27. The number of nitrogens with one attached hydrogen (secondary N) is 1. The average Bonchev–Trinajstić information content (AvgIpc) is 2.85. The highest BCUT2D eigenvalue weighted by molar-refractivity contribution is 5.18. The van der Waals surface area contributed by atoms with E-state index in [1.807, 2.05) is 0 Å². The minimum absolute atomic E-state index is 0.453. The van der Waals surface area contributed by atoms with Crippen molar-refractivity contribution < 1.29 is 8.78 Å². The van der Waals surface area contributed by atoms with E-state index in [-0.39, 0.29) is 0 Å². The van der Waals surface area contributed by atoms with Gasteiger partial charge in [0.1, 0.15) is 11.6 Å². The van der Waals surface area contributed by atoms with E-state index in [0.29, 0.717) is 24.2 Å². The van der Waals surface area contributed by atoms with Crippen LogP contribution in [0.2, 0.25) is 0 Å². The summed E-state index contributed by atoms with van der Waals surface area (Å²) in [6.07, 6.45) is 4.88. The maximum atomic E-state index is 13.5. The fraction of sp³-hybridized carbons (Fsp3) is 0.600. The first kappa shape index (κ1) is 13.0. The monoisotopic (exact) mass is 266 g/mol. The lowest BCUT2D eigenvalue weighted by Gasteiger charge is -2.35. The zero-order valence-electron chi connectivity index (χ0n) is 11.0. The van der Waals surface area contributed by atoms with Crippen LogP contribution in [0.3, 0.4) is 0 Å². The van der Waals surface area contributed by atoms with E-state index >= 15 is 0 Å². The van der Waals surface area contributed by atoms with Gasteiger partial charge in [0, 0.05) is 30.3 Å². The minimum atomic E-state index is -0.513. The van der Waals surface area contributed by atoms with Crippen LogP contribution < -0.4 is 5.32 Å². The number of hydrogen-bond donors (Lipinski definition) is 1. The molecule has 104 valence electrons. The number of hydrogen-bond acceptors (Lipinski definition) is 2. The first-order chi connectivity index (χ1) is 9.22. The number of halogens is 2. The van der Waals surface area contributed by atoms with Crippen molar-refractivity contribution >= 4 is 0 Å². The second kappa shape index (κ2) is 5.55. The number of benzene rings is 1. The molecule has 2 nitrogen and oxygen atoms in total. The van der Waals surface area contributed by atoms with Gasteiger partial charge in [-0.05, 0) is 44.8 Å². The molecule has 2 aliphatic heterocycles. The molecular weight excluding hydrogens is 246 g/mol. The maximum absolute atomic E-state index is 13.5. The second-order valence-electron chi connectivity index (χ2n) is 5.67. The largest absolute Gasteiger partial charge is 0.310 e. The molecule has 1 aromatic rings. The van der Waals surface area contributed by atoms with Crippen LogP contribution in [0.15, 0.2) is 18.2 Å². The zero-order valence-corrected chi connectivity index (χ0v) is 11.0. The van der Waals surface area contributed by atoms with Gasteiger partial charge in [-0.3, -0.25) is 0 Å². The number of rotatable bonds is 3. The summed E-state index contributed by atoms with van der Waals surface area (Å²) < 4.78 is 26.4. The van der Waals surface area contributed by atoms with Crippen LogP contribution in [0.25, 0.3) is 0 Å². The van der Waals surface area contributed by atoms with Gasteiger partial charge in [0.15, 0.2) is 0 Å². The number of piperidine rings is 1. The molecule has 0 aliphatic carbocycles. The molecule has 0 bridgehead atoms. The van der Waals surface area contributed by atoms with Gasteiger partial charge < -0.3 is 10.2 Å². The van der Waals surface area contributed by atoms with Gasteiger partial charge >= 0.3 is 0 Å². The molecule has 19 heavy (non-hydrogen) atoms. The highest BCUT2D eigenvalue weighted by Gasteiger charge is 2.31. The molecular formula is C15H20F2N2. The van der Waals surface area contributed by atoms with Crippen LogP contribution in [0.4, 0.5) is 8.78 Å². The van der Waals surface area contributed by atoms with E-state index in [4.69, 9.17) is 0 Å². The smallest absolute Gasteiger partial charge is 0.130 e. The van der Waals surface area contributed by atoms with Crippen LogP contribution >= 0.6 is 0 Å². The molecule has 3 rings (SSSR count). The van der Waals surface area contributed by atoms with Gasteiger partial charge in [0.05, 0.1) is 0 Å². The lowest BCUT2D eigenvalue weighted by molar-refractivity contribution is 0.166. The van der Waals surface area contributed by atoms with Crippen molar-refractivity contribution in [1.29, 1.82) is 0 Å². The van der Waals surface area contributed by atoms with Crippen LogP contribution in [0, 0.1) is 11.6 Å². The van der Waals surface area contributed by atoms with Crippen molar-refractivity contribution in [2.75, 3.05) is 13.1 Å². The number of fused-ring (bicyclic) bond motifs is 1. The van der Waals surface area contributed by atoms with E-state index in [9.17, 15) is 8.78 Å². The standard InChI is InChI=1S/C15H20F2N2/c16-12-4-3-11(15(17)8-12)10-18-13-5-7-19-6-1-2-14(19)9-13/h3-4,8,13-14,18H,1-2,5-7,9-10H2. The Morgan fingerprint density at radius 3 is 2.95 bits per heavy atom. The zero-order chi connectivity index (χ0) is 13.2. The predicted octanol–water partition coefficient (Wildman–Crippen LogP) is 2.68. The van der Waals surface area contributed by atoms with Crippen molar-refractivity contribution in [2.45, 2.75) is 44.3 Å². The molecule has 4 heteroatoms. The van der Waals surface area contributed by atoms with Crippen LogP contribution in [-0.4, -0.2) is 30.1 Å². The Labute approximate surface area is 112 Å². The molecule has 0 aromatic heterocycles. The van der Waals surface area contributed by atoms with Crippen molar-refractivity contribution in [1.82, 2.24) is 10.2 Å². The Morgan fingerprint density at radius 1 is 1.21 bits per heavy atom. The van der Waals surface area contributed by atoms with Gasteiger partial charge in [-0.25, -0.2) is 8.78 Å². The summed E-state index contributed by atoms with van der Waals surface area (Å²) in [7, 11) is 0. The molecule has 0 spiro atoms. The normalized spacial score (nSPS) is 27.5. The predicted molar refractivity (Wildman–Crippen MR) is 70.8 cm³/mol. The fourth-order valence-electron chi connectivity index (χ4n) is 3.33. The van der Waals surface area contributed by atoms with Crippen molar-refractivity contribution in [3.05, 3.63) is 35.4 Å². The first-order valence-corrected chi connectivity index (χ1v) is 7.14. The van der Waals surface area contributed by atoms with Crippen molar-refractivity contribution in [3.63, 3.8) is 0 Å². The van der Waals surface area contributed by atoms with E-state index < -0.39 is 11.6 Å². The molecule has 1 aromatic carbocycles. The molecule has 1 N–H and O–H groups in total. The van der Waals surface area contributed by atoms with E-state index in [2.05, 4.69) is 10.2 Å². The third-order valence-electron chi connectivity index (χ3n) is 4.42. The van der Waals surface area contributed by atoms with Crippen LogP contribution in [0.1, 0.15) is 31.2 Å². The SMILES string of the molecule is Fc1ccc(CNC2CCN3CCCC3C2)c(F)c1. The van der Waals surface area contributed by atoms with Gasteiger partial charge in [0.2, 0.25) is 0 Å². The van der Waals surface area contributed by atoms with E-state index in [0.717, 1.165) is 25.5 Å². The summed E-state index contributed by atoms with van der Waals surface area (Å²) in [4.78, 5) is 2.57. The average molecular weight is 266 g/mol. The van der Waals surface area contributed by atoms with E-state index in [1.165, 1.54) is 31.5 Å². The summed E-state index contributed by atoms with van der Waals surface area (Å²) >= 11 is 0. The van der Waals surface area contributed by atoms with Crippen molar-refractivity contribution in [2.24, 2.45) is 0 Å². The molecule has 2 atom stereocenters. The fourth-order valence-corrected chi connectivity index (χ4v) is 3.33. The summed E-state index contributed by atoms with van der Waals surface area (Å²) in [5, 5.41) is 3.42. The quantitative estimate of drug-likeness (QED) is 0.905. The summed E-state index contributed by atoms with van der Waals surface area (Å²) in [6, 6.07) is 4.98. The van der Waals surface area contributed by atoms with Gasteiger partial charge in [0.25, 0.3) is 0 Å². The molecule has 2 saturated heterocycles. The molecule has 0 radical (unpaired) electrons. The molecule has 0 amide bonds. The lowest BCUT2D eigenvalue weighted by atomic mass is 9.97. The van der Waals surface area contributed by atoms with Crippen LogP contribution in [-0.2, 0) is 6.54 Å². The summed E-state index contributed by atoms with van der Waals surface area (Å²) in [5.41, 5.74) is 0.551. The first-order valence-electron chi connectivity index (χ1n) is 7.14. The Hall–Kier alpha value is -1.00. The van der Waals surface area contributed by atoms with Crippen molar-refractivity contribution in [3.8, 4) is 0 Å². The molecule has 2 unspecified atom stereocenters. The molecule has 2 fully saturated rings. The minimum Gasteiger partial charge on any atom is -0.310 e. The highest BCUT2D eigenvalue weighted by atomic mass is 19.1. The van der Waals surface area contributed by atoms with Gasteiger partial charge in [-0.1, -0.05) is 6.07 Å². The Morgan fingerprint density at radius 2 is 2.11 bits per heavy atom.